The van der Waals surface area contributed by atoms with Crippen LogP contribution < -0.4 is 10.6 Å². The maximum atomic E-state index is 13.3. The van der Waals surface area contributed by atoms with Crippen LogP contribution in [0, 0.1) is 0 Å². The van der Waals surface area contributed by atoms with Crippen molar-refractivity contribution < 1.29 is 13.2 Å². The van der Waals surface area contributed by atoms with Crippen molar-refractivity contribution in [1.82, 2.24) is 0 Å². The Bertz CT molecular complexity index is 927. The van der Waals surface area contributed by atoms with Crippen molar-refractivity contribution in [3.8, 4) is 11.1 Å². The van der Waals surface area contributed by atoms with E-state index in [0.29, 0.717) is 36.0 Å². The molecule has 0 amide bonds. The standard InChI is InChI=1S/C20H19ClF2N2O/c21-18-9-14(10-19-17(18)11-16(12-24)26-19)13-1-3-15(4-2-13)25-7-5-20(22,23)6-8-25/h1-4,9-11H,5-8,12,24H2. The van der Waals surface area contributed by atoms with E-state index in [9.17, 15) is 8.78 Å². The van der Waals surface area contributed by atoms with Crippen molar-refractivity contribution in [2.45, 2.75) is 25.3 Å². The number of alkyl halides is 2. The molecule has 2 heterocycles. The summed E-state index contributed by atoms with van der Waals surface area (Å²) in [7, 11) is 0. The number of nitrogens with zero attached hydrogens (tertiary/aromatic N) is 1. The van der Waals surface area contributed by atoms with Crippen LogP contribution in [-0.4, -0.2) is 19.0 Å². The van der Waals surface area contributed by atoms with Gasteiger partial charge in [-0.1, -0.05) is 23.7 Å². The molecule has 0 atom stereocenters. The summed E-state index contributed by atoms with van der Waals surface area (Å²) in [6.45, 7) is 1.07. The largest absolute Gasteiger partial charge is 0.460 e. The summed E-state index contributed by atoms with van der Waals surface area (Å²) in [5.41, 5.74) is 9.22. The molecular formula is C20H19ClF2N2O. The topological polar surface area (TPSA) is 42.4 Å². The highest BCUT2D eigenvalue weighted by Gasteiger charge is 2.33. The Morgan fingerprint density at radius 1 is 1.04 bits per heavy atom. The number of piperidine rings is 1. The SMILES string of the molecule is NCc1cc2c(Cl)cc(-c3ccc(N4CCC(F)(F)CC4)cc3)cc2o1. The number of nitrogens with two attached hydrogens (primary N) is 1. The van der Waals surface area contributed by atoms with Gasteiger partial charge in [-0.25, -0.2) is 8.78 Å². The van der Waals surface area contributed by atoms with Gasteiger partial charge in [0.2, 0.25) is 0 Å². The molecule has 2 N–H and O–H groups in total. The van der Waals surface area contributed by atoms with Crippen molar-refractivity contribution in [2.75, 3.05) is 18.0 Å². The lowest BCUT2D eigenvalue weighted by molar-refractivity contribution is -0.0220. The molecule has 3 aromatic rings. The monoisotopic (exact) mass is 376 g/mol. The number of fused-ring (bicyclic) bond motifs is 1. The fourth-order valence-electron chi connectivity index (χ4n) is 3.37. The van der Waals surface area contributed by atoms with Gasteiger partial charge in [0.1, 0.15) is 11.3 Å². The second kappa shape index (κ2) is 6.56. The average Bonchev–Trinajstić information content (AvgIpc) is 3.06. The van der Waals surface area contributed by atoms with E-state index in [-0.39, 0.29) is 12.8 Å². The Hall–Kier alpha value is -2.11. The molecule has 1 aliphatic rings. The Morgan fingerprint density at radius 2 is 1.73 bits per heavy atom. The molecule has 0 radical (unpaired) electrons. The molecular weight excluding hydrogens is 358 g/mol. The van der Waals surface area contributed by atoms with Gasteiger partial charge in [0.25, 0.3) is 5.92 Å². The first-order chi connectivity index (χ1) is 12.4. The minimum absolute atomic E-state index is 0.0942. The Kier molecular flexibility index (Phi) is 4.37. The quantitative estimate of drug-likeness (QED) is 0.661. The van der Waals surface area contributed by atoms with Gasteiger partial charge in [-0.15, -0.1) is 0 Å². The third-order valence-corrected chi connectivity index (χ3v) is 5.21. The van der Waals surface area contributed by atoms with Crippen molar-refractivity contribution >= 4 is 28.3 Å². The minimum atomic E-state index is -2.53. The zero-order chi connectivity index (χ0) is 18.3. The predicted octanol–water partition coefficient (Wildman–Crippen LogP) is 5.45. The van der Waals surface area contributed by atoms with Crippen molar-refractivity contribution in [3.63, 3.8) is 0 Å². The highest BCUT2D eigenvalue weighted by atomic mass is 35.5. The van der Waals surface area contributed by atoms with Crippen LogP contribution >= 0.6 is 11.6 Å². The third-order valence-electron chi connectivity index (χ3n) is 4.90. The van der Waals surface area contributed by atoms with Gasteiger partial charge in [-0.3, -0.25) is 0 Å². The molecule has 1 fully saturated rings. The summed E-state index contributed by atoms with van der Waals surface area (Å²) in [5.74, 6) is -1.84. The minimum Gasteiger partial charge on any atom is -0.460 e. The molecule has 2 aromatic carbocycles. The fraction of sp³-hybridized carbons (Fsp3) is 0.300. The molecule has 0 unspecified atom stereocenters. The highest BCUT2D eigenvalue weighted by Crippen LogP contribution is 2.34. The maximum Gasteiger partial charge on any atom is 0.251 e. The molecule has 1 aliphatic heterocycles. The van der Waals surface area contributed by atoms with E-state index in [0.717, 1.165) is 22.2 Å². The van der Waals surface area contributed by atoms with Crippen molar-refractivity contribution in [1.29, 1.82) is 0 Å². The summed E-state index contributed by atoms with van der Waals surface area (Å²) in [4.78, 5) is 2.00. The Labute approximate surface area is 155 Å². The van der Waals surface area contributed by atoms with Gasteiger partial charge < -0.3 is 15.1 Å². The van der Waals surface area contributed by atoms with Gasteiger partial charge in [0.05, 0.1) is 11.6 Å². The van der Waals surface area contributed by atoms with Crippen LogP contribution in [-0.2, 0) is 6.54 Å². The predicted molar refractivity (Wildman–Crippen MR) is 101 cm³/mol. The van der Waals surface area contributed by atoms with Crippen LogP contribution in [0.3, 0.4) is 0 Å². The lowest BCUT2D eigenvalue weighted by Gasteiger charge is -2.33. The van der Waals surface area contributed by atoms with E-state index in [1.165, 1.54) is 0 Å². The van der Waals surface area contributed by atoms with E-state index in [1.807, 2.05) is 47.4 Å². The first kappa shape index (κ1) is 17.3. The fourth-order valence-corrected chi connectivity index (χ4v) is 3.64. The van der Waals surface area contributed by atoms with E-state index in [2.05, 4.69) is 0 Å². The normalized spacial score (nSPS) is 17.0. The Balaban J connectivity index is 1.60. The van der Waals surface area contributed by atoms with Gasteiger partial charge in [-0.05, 0) is 41.5 Å². The van der Waals surface area contributed by atoms with Crippen LogP contribution in [0.2, 0.25) is 5.02 Å². The van der Waals surface area contributed by atoms with Crippen molar-refractivity contribution in [3.05, 3.63) is 53.2 Å². The van der Waals surface area contributed by atoms with Crippen LogP contribution in [0.5, 0.6) is 0 Å². The van der Waals surface area contributed by atoms with Crippen LogP contribution in [0.15, 0.2) is 46.9 Å². The Morgan fingerprint density at radius 3 is 2.38 bits per heavy atom. The molecule has 1 aromatic heterocycles. The number of anilines is 1. The summed E-state index contributed by atoms with van der Waals surface area (Å²) in [6.07, 6.45) is -0.188. The zero-order valence-electron chi connectivity index (χ0n) is 14.1. The van der Waals surface area contributed by atoms with Gasteiger partial charge in [0, 0.05) is 37.0 Å². The van der Waals surface area contributed by atoms with Crippen LogP contribution in [0.25, 0.3) is 22.1 Å². The summed E-state index contributed by atoms with van der Waals surface area (Å²) < 4.78 is 32.3. The lowest BCUT2D eigenvalue weighted by Crippen LogP contribution is -2.39. The molecule has 0 aliphatic carbocycles. The summed E-state index contributed by atoms with van der Waals surface area (Å²) in [5, 5.41) is 1.46. The van der Waals surface area contributed by atoms with Crippen molar-refractivity contribution in [2.24, 2.45) is 5.73 Å². The van der Waals surface area contributed by atoms with E-state index in [4.69, 9.17) is 21.8 Å². The smallest absolute Gasteiger partial charge is 0.251 e. The molecule has 3 nitrogen and oxygen atoms in total. The second-order valence-electron chi connectivity index (χ2n) is 6.68. The number of rotatable bonds is 3. The number of benzene rings is 2. The molecule has 6 heteroatoms. The molecule has 0 saturated carbocycles. The van der Waals surface area contributed by atoms with Gasteiger partial charge in [0.15, 0.2) is 0 Å². The molecule has 136 valence electrons. The maximum absolute atomic E-state index is 13.3. The van der Waals surface area contributed by atoms with E-state index < -0.39 is 5.92 Å². The summed E-state index contributed by atoms with van der Waals surface area (Å²) in [6, 6.07) is 13.6. The van der Waals surface area contributed by atoms with Crippen LogP contribution in [0.4, 0.5) is 14.5 Å². The lowest BCUT2D eigenvalue weighted by atomic mass is 10.0. The first-order valence-corrected chi connectivity index (χ1v) is 8.98. The average molecular weight is 377 g/mol. The van der Waals surface area contributed by atoms with Gasteiger partial charge in [-0.2, -0.15) is 0 Å². The van der Waals surface area contributed by atoms with E-state index >= 15 is 0 Å². The number of furan rings is 1. The first-order valence-electron chi connectivity index (χ1n) is 8.60. The number of hydrogen-bond acceptors (Lipinski definition) is 3. The van der Waals surface area contributed by atoms with Gasteiger partial charge >= 0.3 is 0 Å². The third kappa shape index (κ3) is 3.29. The molecule has 0 spiro atoms. The number of halogens is 3. The van der Waals surface area contributed by atoms with E-state index in [1.54, 1.807) is 0 Å². The second-order valence-corrected chi connectivity index (χ2v) is 7.08. The molecule has 0 bridgehead atoms. The number of hydrogen-bond donors (Lipinski definition) is 1. The molecule has 4 rings (SSSR count). The summed E-state index contributed by atoms with van der Waals surface area (Å²) >= 11 is 6.38. The highest BCUT2D eigenvalue weighted by molar-refractivity contribution is 6.35. The molecule has 1 saturated heterocycles. The molecule has 26 heavy (non-hydrogen) atoms. The zero-order valence-corrected chi connectivity index (χ0v) is 14.9. The van der Waals surface area contributed by atoms with Crippen LogP contribution in [0.1, 0.15) is 18.6 Å².